The zero-order valence-electron chi connectivity index (χ0n) is 12.4. The quantitative estimate of drug-likeness (QED) is 0.756. The molecule has 2 aliphatic rings. The van der Waals surface area contributed by atoms with Gasteiger partial charge in [-0.3, -0.25) is 4.79 Å². The molecule has 0 bridgehead atoms. The molecule has 0 N–H and O–H groups in total. The largest absolute Gasteiger partial charge is 0.316 e. The Morgan fingerprint density at radius 1 is 1.10 bits per heavy atom. The maximum Gasteiger partial charge on any atom is 0.230 e. The van der Waals surface area contributed by atoms with Gasteiger partial charge in [0.25, 0.3) is 0 Å². The van der Waals surface area contributed by atoms with Crippen LogP contribution in [0.3, 0.4) is 0 Å². The molecule has 1 amide bonds. The third kappa shape index (κ3) is 3.76. The van der Waals surface area contributed by atoms with Gasteiger partial charge in [-0.05, 0) is 57.1 Å². The smallest absolute Gasteiger partial charge is 0.230 e. The van der Waals surface area contributed by atoms with Gasteiger partial charge in [0.2, 0.25) is 5.91 Å². The fourth-order valence-corrected chi connectivity index (χ4v) is 4.46. The number of hydrogen-bond acceptors (Lipinski definition) is 3. The molecule has 2 fully saturated rings. The molecule has 2 saturated carbocycles. The first-order chi connectivity index (χ1) is 9.52. The summed E-state index contributed by atoms with van der Waals surface area (Å²) in [6.07, 6.45) is 9.15. The van der Waals surface area contributed by atoms with Crippen molar-refractivity contribution in [2.24, 2.45) is 11.8 Å². The van der Waals surface area contributed by atoms with Gasteiger partial charge in [-0.15, -0.1) is 0 Å². The van der Waals surface area contributed by atoms with Gasteiger partial charge < -0.3 is 4.90 Å². The molecule has 20 heavy (non-hydrogen) atoms. The van der Waals surface area contributed by atoms with Crippen molar-refractivity contribution in [2.45, 2.75) is 68.4 Å². The minimum Gasteiger partial charge on any atom is -0.316 e. The number of rotatable bonds is 3. The Hall–Kier alpha value is -0.0900. The zero-order valence-corrected chi connectivity index (χ0v) is 14.2. The van der Waals surface area contributed by atoms with Crippen LogP contribution < -0.4 is 0 Å². The van der Waals surface area contributed by atoms with E-state index in [2.05, 4.69) is 38.8 Å². The van der Waals surface area contributed by atoms with E-state index < -0.39 is 0 Å². The monoisotopic (exact) mass is 313 g/mol. The first kappa shape index (κ1) is 16.3. The van der Waals surface area contributed by atoms with Crippen LogP contribution >= 0.6 is 25.3 Å². The van der Waals surface area contributed by atoms with Gasteiger partial charge in [-0.25, -0.2) is 0 Å². The molecular weight excluding hydrogens is 286 g/mol. The van der Waals surface area contributed by atoms with Gasteiger partial charge in [-0.2, -0.15) is 25.3 Å². The number of nitrogens with zero attached hydrogens (tertiary/aromatic N) is 1. The molecule has 2 rings (SSSR count). The normalized spacial score (nSPS) is 38.2. The number of carbonyl (C=O) groups is 1. The van der Waals surface area contributed by atoms with Gasteiger partial charge in [-0.1, -0.05) is 13.5 Å². The Morgan fingerprint density at radius 2 is 1.70 bits per heavy atom. The Labute approximate surface area is 134 Å². The Balaban J connectivity index is 2.00. The maximum absolute atomic E-state index is 12.8. The fraction of sp³-hybridized carbons (Fsp3) is 0.812. The molecule has 0 saturated heterocycles. The number of amides is 1. The van der Waals surface area contributed by atoms with Crippen molar-refractivity contribution in [2.75, 3.05) is 0 Å². The third-order valence-electron chi connectivity index (χ3n) is 4.97. The van der Waals surface area contributed by atoms with Crippen molar-refractivity contribution in [3.8, 4) is 0 Å². The van der Waals surface area contributed by atoms with E-state index in [0.717, 1.165) is 44.9 Å². The van der Waals surface area contributed by atoms with Crippen LogP contribution in [-0.4, -0.2) is 27.3 Å². The molecule has 4 heteroatoms. The highest BCUT2D eigenvalue weighted by Crippen LogP contribution is 2.35. The summed E-state index contributed by atoms with van der Waals surface area (Å²) in [5.41, 5.74) is 0. The van der Waals surface area contributed by atoms with E-state index in [4.69, 9.17) is 0 Å². The number of thiol groups is 2. The lowest BCUT2D eigenvalue weighted by atomic mass is 9.79. The summed E-state index contributed by atoms with van der Waals surface area (Å²) in [7, 11) is 0. The van der Waals surface area contributed by atoms with Gasteiger partial charge in [0.1, 0.15) is 0 Å². The molecule has 0 heterocycles. The molecule has 2 nitrogen and oxygen atoms in total. The zero-order chi connectivity index (χ0) is 14.7. The second-order valence-corrected chi connectivity index (χ2v) is 7.90. The van der Waals surface area contributed by atoms with E-state index >= 15 is 0 Å². The molecule has 0 aromatic rings. The molecule has 0 radical (unpaired) electrons. The van der Waals surface area contributed by atoms with E-state index in [1.807, 2.05) is 4.90 Å². The molecule has 0 aromatic heterocycles. The molecule has 0 aliphatic heterocycles. The number of carbonyl (C=O) groups excluding carboxylic acids is 1. The van der Waals surface area contributed by atoms with Crippen molar-refractivity contribution in [3.05, 3.63) is 12.8 Å². The lowest BCUT2D eigenvalue weighted by Crippen LogP contribution is -2.44. The first-order valence-electron chi connectivity index (χ1n) is 7.83. The van der Waals surface area contributed by atoms with Crippen LogP contribution in [0.15, 0.2) is 12.8 Å². The maximum atomic E-state index is 12.8. The lowest BCUT2D eigenvalue weighted by molar-refractivity contribution is -0.137. The predicted octanol–water partition coefficient (Wildman–Crippen LogP) is 3.93. The molecule has 3 unspecified atom stereocenters. The SMILES string of the molecule is C=CN(C(=O)C1CCC(S)CC1C)C1CCC(S)CC1. The average molecular weight is 314 g/mol. The van der Waals surface area contributed by atoms with Crippen molar-refractivity contribution in [3.63, 3.8) is 0 Å². The lowest BCUT2D eigenvalue weighted by Gasteiger charge is -2.39. The second-order valence-electron chi connectivity index (χ2n) is 6.44. The Morgan fingerprint density at radius 3 is 2.25 bits per heavy atom. The Kier molecular flexibility index (Phi) is 5.91. The van der Waals surface area contributed by atoms with E-state index in [-0.39, 0.29) is 11.8 Å². The highest BCUT2D eigenvalue weighted by atomic mass is 32.1. The summed E-state index contributed by atoms with van der Waals surface area (Å²) in [6, 6.07) is 0.337. The molecule has 2 aliphatic carbocycles. The van der Waals surface area contributed by atoms with Crippen LogP contribution in [0.25, 0.3) is 0 Å². The van der Waals surface area contributed by atoms with E-state index in [9.17, 15) is 4.79 Å². The molecule has 0 spiro atoms. The van der Waals surface area contributed by atoms with E-state index in [0.29, 0.717) is 22.5 Å². The molecule has 114 valence electrons. The van der Waals surface area contributed by atoms with Crippen LogP contribution in [0.2, 0.25) is 0 Å². The highest BCUT2D eigenvalue weighted by molar-refractivity contribution is 7.81. The summed E-state index contributed by atoms with van der Waals surface area (Å²) in [5.74, 6) is 0.878. The minimum atomic E-state index is 0.158. The topological polar surface area (TPSA) is 20.3 Å². The van der Waals surface area contributed by atoms with Gasteiger partial charge in [0, 0.05) is 22.5 Å². The van der Waals surface area contributed by atoms with Crippen molar-refractivity contribution < 1.29 is 4.79 Å². The van der Waals surface area contributed by atoms with E-state index in [1.165, 1.54) is 0 Å². The molecule has 3 atom stereocenters. The Bertz CT molecular complexity index is 352. The van der Waals surface area contributed by atoms with Gasteiger partial charge in [0.05, 0.1) is 0 Å². The highest BCUT2D eigenvalue weighted by Gasteiger charge is 2.36. The van der Waals surface area contributed by atoms with Crippen LogP contribution in [0.5, 0.6) is 0 Å². The fourth-order valence-electron chi connectivity index (χ4n) is 3.68. The summed E-state index contributed by atoms with van der Waals surface area (Å²) in [4.78, 5) is 14.8. The predicted molar refractivity (Wildman–Crippen MR) is 91.4 cm³/mol. The molecular formula is C16H27NOS2. The molecule has 0 aromatic carbocycles. The van der Waals surface area contributed by atoms with Crippen LogP contribution in [0.1, 0.15) is 51.9 Å². The number of hydrogen-bond donors (Lipinski definition) is 2. The second kappa shape index (κ2) is 7.26. The van der Waals surface area contributed by atoms with Crippen LogP contribution in [0.4, 0.5) is 0 Å². The van der Waals surface area contributed by atoms with Gasteiger partial charge >= 0.3 is 0 Å². The van der Waals surface area contributed by atoms with Gasteiger partial charge in [0.15, 0.2) is 0 Å². The minimum absolute atomic E-state index is 0.158. The average Bonchev–Trinajstić information content (AvgIpc) is 2.41. The van der Waals surface area contributed by atoms with Crippen LogP contribution in [-0.2, 0) is 4.79 Å². The summed E-state index contributed by atoms with van der Waals surface area (Å²) in [6.45, 7) is 6.07. The summed E-state index contributed by atoms with van der Waals surface area (Å²) in [5, 5.41) is 0.970. The van der Waals surface area contributed by atoms with Crippen LogP contribution in [0, 0.1) is 11.8 Å². The van der Waals surface area contributed by atoms with Crippen molar-refractivity contribution in [1.82, 2.24) is 4.90 Å². The van der Waals surface area contributed by atoms with E-state index in [1.54, 1.807) is 6.20 Å². The third-order valence-corrected chi connectivity index (χ3v) is 5.96. The standard InChI is InChI=1S/C16H27NOS2/c1-3-17(12-4-6-13(19)7-5-12)16(18)15-9-8-14(20)10-11(15)2/h3,11-15,19-20H,1,4-10H2,2H3. The van der Waals surface area contributed by atoms with Crippen molar-refractivity contribution >= 4 is 31.2 Å². The summed E-state index contributed by atoms with van der Waals surface area (Å²) < 4.78 is 0. The van der Waals surface area contributed by atoms with Crippen molar-refractivity contribution in [1.29, 1.82) is 0 Å². The summed E-state index contributed by atoms with van der Waals surface area (Å²) >= 11 is 9.10. The first-order valence-corrected chi connectivity index (χ1v) is 8.87.